The summed E-state index contributed by atoms with van der Waals surface area (Å²) in [6.45, 7) is 16.2. The highest BCUT2D eigenvalue weighted by molar-refractivity contribution is 6.33. The molecule has 1 spiro atoms. The Labute approximate surface area is 353 Å². The van der Waals surface area contributed by atoms with Gasteiger partial charge in [-0.15, -0.1) is 0 Å². The Kier molecular flexibility index (Phi) is 10.5. The monoisotopic (exact) mass is 834 g/mol. The molecular weight excluding hydrogens is 787 g/mol. The lowest BCUT2D eigenvalue weighted by molar-refractivity contribution is -0.136. The van der Waals surface area contributed by atoms with E-state index in [0.29, 0.717) is 47.1 Å². The standard InChI is InChI=1S/C45H48ClFN8O5/c1-28-26-45(27-54(28)32-5-7-37(48-2)35(46)25-32)13-17-52(18-14-45)38-8-3-29(23-36(38)47)42(58)53-15-11-30(12-16-53)50-19-21-51(22-20-50)31-4-6-33-34(24-31)44(60)55(43(33)59)39-9-10-40(56)49-41(39)57/h3-8,23-25,28,30,39H,9-22,26-27H2,1H3,(H,49,56,57)/t28-,39?/m0/s1. The fourth-order valence-electron chi connectivity index (χ4n) is 10.5. The first-order valence-corrected chi connectivity index (χ1v) is 21.4. The van der Waals surface area contributed by atoms with Gasteiger partial charge in [-0.05, 0) is 99.4 Å². The summed E-state index contributed by atoms with van der Waals surface area (Å²) in [5.74, 6) is -2.57. The topological polar surface area (TPSA) is 121 Å². The summed E-state index contributed by atoms with van der Waals surface area (Å²) in [4.78, 5) is 79.7. The summed E-state index contributed by atoms with van der Waals surface area (Å²) in [5.41, 5.74) is 3.91. The van der Waals surface area contributed by atoms with E-state index in [9.17, 15) is 24.0 Å². The maximum absolute atomic E-state index is 15.7. The second-order valence-corrected chi connectivity index (χ2v) is 17.7. The third-order valence-corrected chi connectivity index (χ3v) is 14.2. The fourth-order valence-corrected chi connectivity index (χ4v) is 10.7. The molecule has 5 saturated heterocycles. The fraction of sp³-hybridized carbons (Fsp3) is 0.467. The molecule has 6 heterocycles. The lowest BCUT2D eigenvalue weighted by Crippen LogP contribution is -2.54. The van der Waals surface area contributed by atoms with Gasteiger partial charge < -0.3 is 19.6 Å². The van der Waals surface area contributed by atoms with Crippen LogP contribution in [0.25, 0.3) is 4.85 Å². The number of amides is 5. The number of nitrogens with zero attached hydrogens (tertiary/aromatic N) is 7. The number of benzene rings is 3. The van der Waals surface area contributed by atoms with E-state index in [0.717, 1.165) is 94.2 Å². The average Bonchev–Trinajstić information content (AvgIpc) is 3.71. The number of hydrogen-bond donors (Lipinski definition) is 1. The largest absolute Gasteiger partial charge is 0.369 e. The second kappa shape index (κ2) is 15.8. The van der Waals surface area contributed by atoms with Crippen LogP contribution in [0.1, 0.15) is 82.9 Å². The lowest BCUT2D eigenvalue weighted by atomic mass is 9.76. The summed E-state index contributed by atoms with van der Waals surface area (Å²) < 4.78 is 15.7. The minimum Gasteiger partial charge on any atom is -0.369 e. The first-order valence-electron chi connectivity index (χ1n) is 21.0. The minimum atomic E-state index is -0.997. The molecule has 6 aliphatic heterocycles. The summed E-state index contributed by atoms with van der Waals surface area (Å²) >= 11 is 6.37. The Morgan fingerprint density at radius 2 is 1.55 bits per heavy atom. The zero-order valence-corrected chi connectivity index (χ0v) is 34.4. The van der Waals surface area contributed by atoms with Gasteiger partial charge in [-0.25, -0.2) is 9.24 Å². The second-order valence-electron chi connectivity index (χ2n) is 17.3. The molecule has 0 radical (unpaired) electrons. The van der Waals surface area contributed by atoms with E-state index in [-0.39, 0.29) is 41.1 Å². The highest BCUT2D eigenvalue weighted by Gasteiger charge is 2.46. The number of anilines is 3. The van der Waals surface area contributed by atoms with Gasteiger partial charge in [-0.1, -0.05) is 17.7 Å². The number of carbonyl (C=O) groups is 5. The van der Waals surface area contributed by atoms with Crippen molar-refractivity contribution in [1.82, 2.24) is 20.0 Å². The van der Waals surface area contributed by atoms with Gasteiger partial charge in [-0.2, -0.15) is 0 Å². The Bertz CT molecular complexity index is 2310. The molecule has 9 rings (SSSR count). The maximum Gasteiger partial charge on any atom is 0.262 e. The summed E-state index contributed by atoms with van der Waals surface area (Å²) in [7, 11) is 0. The lowest BCUT2D eigenvalue weighted by Gasteiger charge is -2.43. The van der Waals surface area contributed by atoms with Crippen LogP contribution in [0.5, 0.6) is 0 Å². The highest BCUT2D eigenvalue weighted by atomic mass is 35.5. The van der Waals surface area contributed by atoms with Crippen molar-refractivity contribution in [2.45, 2.75) is 70.0 Å². The average molecular weight is 835 g/mol. The SMILES string of the molecule is [C-]#[N+]c1ccc(N2CC3(CCN(c4ccc(C(=O)N5CCC(N6CCN(c7ccc8c(c7)C(=O)N(C7CCC(=O)NC7=O)C8=O)CC6)CC5)cc4F)CC3)C[C@@H]2C)cc1Cl. The zero-order valence-electron chi connectivity index (χ0n) is 33.7. The molecule has 6 aliphatic rings. The molecule has 0 bridgehead atoms. The molecule has 60 heavy (non-hydrogen) atoms. The van der Waals surface area contributed by atoms with Gasteiger partial charge in [-0.3, -0.25) is 39.1 Å². The third kappa shape index (κ3) is 7.25. The number of imide groups is 2. The summed E-state index contributed by atoms with van der Waals surface area (Å²) in [5, 5.41) is 2.70. The van der Waals surface area contributed by atoms with Gasteiger partial charge in [0.2, 0.25) is 17.5 Å². The zero-order chi connectivity index (χ0) is 41.9. The number of hydrogen-bond acceptors (Lipinski definition) is 9. The predicted octanol–water partition coefficient (Wildman–Crippen LogP) is 5.74. The Balaban J connectivity index is 0.749. The van der Waals surface area contributed by atoms with Crippen LogP contribution in [0, 0.1) is 17.8 Å². The normalized spacial score (nSPS) is 23.7. The van der Waals surface area contributed by atoms with Gasteiger partial charge in [0.25, 0.3) is 17.7 Å². The van der Waals surface area contributed by atoms with Gasteiger partial charge in [0.1, 0.15) is 11.9 Å². The van der Waals surface area contributed by atoms with Crippen molar-refractivity contribution in [3.05, 3.63) is 93.5 Å². The van der Waals surface area contributed by atoms with Crippen molar-refractivity contribution in [3.63, 3.8) is 0 Å². The van der Waals surface area contributed by atoms with Crippen molar-refractivity contribution in [2.24, 2.45) is 5.41 Å². The number of fused-ring (bicyclic) bond motifs is 1. The van der Waals surface area contributed by atoms with E-state index in [1.54, 1.807) is 30.3 Å². The number of halogens is 2. The number of carbonyl (C=O) groups excluding carboxylic acids is 5. The molecule has 5 fully saturated rings. The van der Waals surface area contributed by atoms with E-state index in [4.69, 9.17) is 18.2 Å². The molecule has 13 nitrogen and oxygen atoms in total. The van der Waals surface area contributed by atoms with Crippen LogP contribution in [0.2, 0.25) is 5.02 Å². The van der Waals surface area contributed by atoms with Crippen molar-refractivity contribution in [2.75, 3.05) is 73.6 Å². The van der Waals surface area contributed by atoms with E-state index >= 15 is 4.39 Å². The summed E-state index contributed by atoms with van der Waals surface area (Å²) in [6, 6.07) is 15.5. The van der Waals surface area contributed by atoms with Crippen LogP contribution in [0.3, 0.4) is 0 Å². The Hall–Kier alpha value is -5.52. The number of nitrogens with one attached hydrogen (secondary N) is 1. The minimum absolute atomic E-state index is 0.0743. The Morgan fingerprint density at radius 3 is 2.23 bits per heavy atom. The molecule has 3 aromatic carbocycles. The molecule has 1 unspecified atom stereocenters. The van der Waals surface area contributed by atoms with Gasteiger partial charge >= 0.3 is 0 Å². The number of rotatable bonds is 6. The number of piperidine rings is 3. The van der Waals surface area contributed by atoms with Crippen LogP contribution in [0.15, 0.2) is 54.6 Å². The predicted molar refractivity (Wildman–Crippen MR) is 225 cm³/mol. The van der Waals surface area contributed by atoms with Gasteiger partial charge in [0.15, 0.2) is 0 Å². The molecule has 2 atom stereocenters. The van der Waals surface area contributed by atoms with Crippen molar-refractivity contribution in [1.29, 1.82) is 0 Å². The molecule has 312 valence electrons. The van der Waals surface area contributed by atoms with Gasteiger partial charge in [0.05, 0.1) is 23.4 Å². The third-order valence-electron chi connectivity index (χ3n) is 13.9. The first-order chi connectivity index (χ1) is 28.9. The highest BCUT2D eigenvalue weighted by Crippen LogP contribution is 2.46. The van der Waals surface area contributed by atoms with E-state index in [1.807, 2.05) is 23.1 Å². The molecule has 3 aromatic rings. The molecular formula is C45H48ClFN8O5. The van der Waals surface area contributed by atoms with Crippen molar-refractivity contribution in [3.8, 4) is 0 Å². The van der Waals surface area contributed by atoms with Crippen LogP contribution in [-0.4, -0.2) is 121 Å². The van der Waals surface area contributed by atoms with E-state index in [1.165, 1.54) is 6.07 Å². The van der Waals surface area contributed by atoms with Crippen LogP contribution in [0.4, 0.5) is 27.1 Å². The smallest absolute Gasteiger partial charge is 0.262 e. The molecule has 1 N–H and O–H groups in total. The number of piperazine rings is 1. The molecule has 0 saturated carbocycles. The van der Waals surface area contributed by atoms with Crippen molar-refractivity contribution >= 4 is 63.9 Å². The van der Waals surface area contributed by atoms with Crippen LogP contribution < -0.4 is 20.0 Å². The maximum atomic E-state index is 15.7. The molecule has 0 aliphatic carbocycles. The Morgan fingerprint density at radius 1 is 0.833 bits per heavy atom. The van der Waals surface area contributed by atoms with E-state index in [2.05, 4.69) is 36.7 Å². The van der Waals surface area contributed by atoms with Crippen molar-refractivity contribution < 1.29 is 28.4 Å². The number of likely N-dealkylation sites (tertiary alicyclic amines) is 1. The molecule has 15 heteroatoms. The quantitative estimate of drug-likeness (QED) is 0.245. The molecule has 0 aromatic heterocycles. The molecule has 5 amide bonds. The first kappa shape index (κ1) is 39.9. The van der Waals surface area contributed by atoms with Crippen LogP contribution in [-0.2, 0) is 9.59 Å². The van der Waals surface area contributed by atoms with E-state index < -0.39 is 29.7 Å². The summed E-state index contributed by atoms with van der Waals surface area (Å²) in [6.07, 6.45) is 4.76. The van der Waals surface area contributed by atoms with Gasteiger partial charge in [0, 0.05) is 99.4 Å². The van der Waals surface area contributed by atoms with Crippen LogP contribution >= 0.6 is 11.6 Å².